The van der Waals surface area contributed by atoms with Gasteiger partial charge in [-0.3, -0.25) is 9.59 Å². The molecular formula is C19H28N2O5S. The molecule has 150 valence electrons. The topological polar surface area (TPSA) is 92.8 Å². The van der Waals surface area contributed by atoms with Crippen molar-refractivity contribution in [3.05, 3.63) is 29.3 Å². The first-order chi connectivity index (χ1) is 12.6. The summed E-state index contributed by atoms with van der Waals surface area (Å²) in [5.41, 5.74) is 2.72. The quantitative estimate of drug-likeness (QED) is 0.745. The van der Waals surface area contributed by atoms with Crippen LogP contribution in [-0.4, -0.2) is 49.5 Å². The molecule has 1 aromatic carbocycles. The van der Waals surface area contributed by atoms with Gasteiger partial charge in [0, 0.05) is 18.8 Å². The molecule has 1 fully saturated rings. The lowest BCUT2D eigenvalue weighted by Crippen LogP contribution is -2.42. The average Bonchev–Trinajstić information content (AvgIpc) is 2.63. The lowest BCUT2D eigenvalue weighted by atomic mass is 9.98. The molecule has 27 heavy (non-hydrogen) atoms. The van der Waals surface area contributed by atoms with E-state index in [1.54, 1.807) is 6.92 Å². The SMILES string of the molecule is CCS(=O)(=O)N1CCC(C(=O)OC(C)C(=O)Nc2ccc(C)cc2C)CC1. The molecule has 7 nitrogen and oxygen atoms in total. The fraction of sp³-hybridized carbons (Fsp3) is 0.579. The Morgan fingerprint density at radius 1 is 1.26 bits per heavy atom. The predicted octanol–water partition coefficient (Wildman–Crippen LogP) is 2.24. The van der Waals surface area contributed by atoms with Crippen molar-refractivity contribution < 1.29 is 22.7 Å². The maximum absolute atomic E-state index is 12.3. The number of ether oxygens (including phenoxy) is 1. The minimum Gasteiger partial charge on any atom is -0.452 e. The maximum Gasteiger partial charge on any atom is 0.309 e. The number of carbonyl (C=O) groups excluding carboxylic acids is 2. The van der Waals surface area contributed by atoms with Crippen molar-refractivity contribution >= 4 is 27.6 Å². The number of anilines is 1. The van der Waals surface area contributed by atoms with Crippen LogP contribution in [-0.2, 0) is 24.3 Å². The Kier molecular flexibility index (Phi) is 7.00. The third kappa shape index (κ3) is 5.52. The number of rotatable bonds is 6. The van der Waals surface area contributed by atoms with Crippen LogP contribution in [0, 0.1) is 19.8 Å². The third-order valence-corrected chi connectivity index (χ3v) is 6.73. The van der Waals surface area contributed by atoms with E-state index in [1.165, 1.54) is 11.2 Å². The van der Waals surface area contributed by atoms with E-state index in [0.29, 0.717) is 31.6 Å². The van der Waals surface area contributed by atoms with Crippen molar-refractivity contribution in [1.29, 1.82) is 0 Å². The second kappa shape index (κ2) is 8.84. The summed E-state index contributed by atoms with van der Waals surface area (Å²) in [5, 5.41) is 2.78. The summed E-state index contributed by atoms with van der Waals surface area (Å²) in [6, 6.07) is 5.68. The summed E-state index contributed by atoms with van der Waals surface area (Å²) in [4.78, 5) is 24.6. The smallest absolute Gasteiger partial charge is 0.309 e. The minimum atomic E-state index is -3.23. The van der Waals surface area contributed by atoms with Crippen molar-refractivity contribution in [1.82, 2.24) is 4.31 Å². The highest BCUT2D eigenvalue weighted by atomic mass is 32.2. The summed E-state index contributed by atoms with van der Waals surface area (Å²) in [7, 11) is -3.23. The van der Waals surface area contributed by atoms with Gasteiger partial charge in [0.25, 0.3) is 5.91 Å². The summed E-state index contributed by atoms with van der Waals surface area (Å²) in [5.74, 6) is -1.17. The molecule has 8 heteroatoms. The van der Waals surface area contributed by atoms with Crippen LogP contribution in [0.4, 0.5) is 5.69 Å². The van der Waals surface area contributed by atoms with Crippen LogP contribution < -0.4 is 5.32 Å². The molecule has 0 spiro atoms. The zero-order chi connectivity index (χ0) is 20.2. The maximum atomic E-state index is 12.3. The Balaban J connectivity index is 1.87. The molecule has 0 saturated carbocycles. The number of piperidine rings is 1. The highest BCUT2D eigenvalue weighted by molar-refractivity contribution is 7.89. The standard InChI is InChI=1S/C19H28N2O5S/c1-5-27(24,25)21-10-8-16(9-11-21)19(23)26-15(4)18(22)20-17-7-6-13(2)12-14(17)3/h6-7,12,15-16H,5,8-11H2,1-4H3,(H,20,22). The number of benzene rings is 1. The molecule has 1 N–H and O–H groups in total. The molecule has 0 radical (unpaired) electrons. The molecule has 1 atom stereocenters. The number of aryl methyl sites for hydroxylation is 2. The molecule has 0 bridgehead atoms. The van der Waals surface area contributed by atoms with E-state index in [9.17, 15) is 18.0 Å². The van der Waals surface area contributed by atoms with Crippen LogP contribution in [0.1, 0.15) is 37.8 Å². The molecule has 1 unspecified atom stereocenters. The van der Waals surface area contributed by atoms with Gasteiger partial charge >= 0.3 is 5.97 Å². The number of nitrogens with zero attached hydrogens (tertiary/aromatic N) is 1. The van der Waals surface area contributed by atoms with E-state index in [-0.39, 0.29) is 17.6 Å². The number of nitrogens with one attached hydrogen (secondary N) is 1. The number of hydrogen-bond acceptors (Lipinski definition) is 5. The van der Waals surface area contributed by atoms with Crippen LogP contribution in [0.3, 0.4) is 0 Å². The predicted molar refractivity (Wildman–Crippen MR) is 104 cm³/mol. The van der Waals surface area contributed by atoms with Crippen LogP contribution >= 0.6 is 0 Å². The average molecular weight is 397 g/mol. The fourth-order valence-electron chi connectivity index (χ4n) is 3.06. The van der Waals surface area contributed by atoms with E-state index >= 15 is 0 Å². The Bertz CT molecular complexity index is 798. The molecule has 0 aromatic heterocycles. The molecule has 1 saturated heterocycles. The third-order valence-electron chi connectivity index (χ3n) is 4.85. The van der Waals surface area contributed by atoms with Gasteiger partial charge in [0.2, 0.25) is 10.0 Å². The van der Waals surface area contributed by atoms with E-state index in [1.807, 2.05) is 32.0 Å². The molecular weight excluding hydrogens is 368 g/mol. The second-order valence-corrected chi connectivity index (χ2v) is 9.22. The lowest BCUT2D eigenvalue weighted by Gasteiger charge is -2.30. The van der Waals surface area contributed by atoms with Gasteiger partial charge in [0.15, 0.2) is 6.10 Å². The van der Waals surface area contributed by atoms with Gasteiger partial charge in [0.05, 0.1) is 11.7 Å². The van der Waals surface area contributed by atoms with Crippen LogP contribution in [0.15, 0.2) is 18.2 Å². The number of hydrogen-bond donors (Lipinski definition) is 1. The van der Waals surface area contributed by atoms with E-state index in [4.69, 9.17) is 4.74 Å². The highest BCUT2D eigenvalue weighted by Crippen LogP contribution is 2.22. The molecule has 1 heterocycles. The van der Waals surface area contributed by atoms with E-state index in [0.717, 1.165) is 11.1 Å². The first-order valence-electron chi connectivity index (χ1n) is 9.20. The normalized spacial score (nSPS) is 17.3. The van der Waals surface area contributed by atoms with Crippen molar-refractivity contribution in [2.45, 2.75) is 46.6 Å². The Labute approximate surface area is 161 Å². The van der Waals surface area contributed by atoms with Gasteiger partial charge in [-0.25, -0.2) is 12.7 Å². The van der Waals surface area contributed by atoms with Crippen LogP contribution in [0.5, 0.6) is 0 Å². The molecule has 1 aliphatic heterocycles. The fourth-order valence-corrected chi connectivity index (χ4v) is 4.20. The highest BCUT2D eigenvalue weighted by Gasteiger charge is 2.32. The number of carbonyl (C=O) groups is 2. The van der Waals surface area contributed by atoms with Crippen molar-refractivity contribution in [3.63, 3.8) is 0 Å². The lowest BCUT2D eigenvalue weighted by molar-refractivity contribution is -0.158. The largest absolute Gasteiger partial charge is 0.452 e. The van der Waals surface area contributed by atoms with Gasteiger partial charge in [-0.15, -0.1) is 0 Å². The zero-order valence-corrected chi connectivity index (χ0v) is 17.1. The van der Waals surface area contributed by atoms with Gasteiger partial charge in [0.1, 0.15) is 0 Å². The molecule has 1 aliphatic rings. The molecule has 2 rings (SSSR count). The number of sulfonamides is 1. The van der Waals surface area contributed by atoms with Crippen molar-refractivity contribution in [2.24, 2.45) is 5.92 Å². The monoisotopic (exact) mass is 396 g/mol. The molecule has 1 aromatic rings. The van der Waals surface area contributed by atoms with E-state index < -0.39 is 22.1 Å². The number of esters is 1. The Morgan fingerprint density at radius 2 is 1.89 bits per heavy atom. The van der Waals surface area contributed by atoms with Gasteiger partial charge in [-0.1, -0.05) is 17.7 Å². The zero-order valence-electron chi connectivity index (χ0n) is 16.3. The van der Waals surface area contributed by atoms with Crippen molar-refractivity contribution in [2.75, 3.05) is 24.2 Å². The first kappa shape index (κ1) is 21.4. The summed E-state index contributed by atoms with van der Waals surface area (Å²) >= 11 is 0. The Hall–Kier alpha value is -1.93. The minimum absolute atomic E-state index is 0.0533. The first-order valence-corrected chi connectivity index (χ1v) is 10.8. The second-order valence-electron chi connectivity index (χ2n) is 6.96. The van der Waals surface area contributed by atoms with E-state index in [2.05, 4.69) is 5.32 Å². The Morgan fingerprint density at radius 3 is 2.44 bits per heavy atom. The summed E-state index contributed by atoms with van der Waals surface area (Å²) < 4.78 is 30.5. The molecule has 0 aliphatic carbocycles. The van der Waals surface area contributed by atoms with Gasteiger partial charge in [-0.05, 0) is 52.2 Å². The van der Waals surface area contributed by atoms with Gasteiger partial charge in [-0.2, -0.15) is 0 Å². The summed E-state index contributed by atoms with van der Waals surface area (Å²) in [6.07, 6.45) is -0.108. The molecule has 1 amide bonds. The number of amides is 1. The summed E-state index contributed by atoms with van der Waals surface area (Å²) in [6.45, 7) is 7.62. The van der Waals surface area contributed by atoms with Crippen LogP contribution in [0.2, 0.25) is 0 Å². The van der Waals surface area contributed by atoms with Crippen molar-refractivity contribution in [3.8, 4) is 0 Å². The van der Waals surface area contributed by atoms with Gasteiger partial charge < -0.3 is 10.1 Å². The van der Waals surface area contributed by atoms with Crippen LogP contribution in [0.25, 0.3) is 0 Å².